The molecule has 1 N–H and O–H groups in total. The van der Waals surface area contributed by atoms with Crippen LogP contribution in [0.15, 0.2) is 24.3 Å². The minimum Gasteiger partial charge on any atom is -0.312 e. The zero-order valence-electron chi connectivity index (χ0n) is 11.2. The Hall–Kier alpha value is -0.860. The predicted molar refractivity (Wildman–Crippen MR) is 73.1 cm³/mol. The molecule has 0 spiro atoms. The van der Waals surface area contributed by atoms with Crippen LogP contribution < -0.4 is 5.32 Å². The van der Waals surface area contributed by atoms with Crippen LogP contribution in [0.25, 0.3) is 0 Å². The standard InChI is InChI=1S/C15H24N2/c1-12-6-4-5-7-14(12)10-17(3)11-15-13(2)8-9-16-15/h4-7,13,15-16H,8-11H2,1-3H3. The molecular weight excluding hydrogens is 208 g/mol. The average Bonchev–Trinajstić information content (AvgIpc) is 2.68. The van der Waals surface area contributed by atoms with Crippen molar-refractivity contribution in [2.75, 3.05) is 20.1 Å². The molecule has 1 fully saturated rings. The topological polar surface area (TPSA) is 15.3 Å². The summed E-state index contributed by atoms with van der Waals surface area (Å²) in [5.74, 6) is 0.814. The molecule has 2 unspecified atom stereocenters. The van der Waals surface area contributed by atoms with E-state index < -0.39 is 0 Å². The maximum atomic E-state index is 3.60. The first kappa shape index (κ1) is 12.6. The molecule has 0 bridgehead atoms. The van der Waals surface area contributed by atoms with Crippen LogP contribution >= 0.6 is 0 Å². The zero-order chi connectivity index (χ0) is 12.3. The van der Waals surface area contributed by atoms with Crippen LogP contribution in [0.5, 0.6) is 0 Å². The Bertz CT molecular complexity index is 362. The van der Waals surface area contributed by atoms with Crippen LogP contribution in [-0.4, -0.2) is 31.1 Å². The second kappa shape index (κ2) is 5.65. The first-order valence-electron chi connectivity index (χ1n) is 6.63. The van der Waals surface area contributed by atoms with Crippen molar-refractivity contribution < 1.29 is 0 Å². The van der Waals surface area contributed by atoms with E-state index in [1.54, 1.807) is 0 Å². The van der Waals surface area contributed by atoms with Crippen LogP contribution in [0, 0.1) is 12.8 Å². The van der Waals surface area contributed by atoms with E-state index in [1.165, 1.54) is 24.1 Å². The van der Waals surface area contributed by atoms with E-state index >= 15 is 0 Å². The van der Waals surface area contributed by atoms with Crippen LogP contribution in [0.2, 0.25) is 0 Å². The minimum atomic E-state index is 0.670. The third kappa shape index (κ3) is 3.30. The van der Waals surface area contributed by atoms with Gasteiger partial charge in [0.2, 0.25) is 0 Å². The molecule has 0 aromatic heterocycles. The number of benzene rings is 1. The second-order valence-electron chi connectivity index (χ2n) is 5.45. The van der Waals surface area contributed by atoms with Gasteiger partial charge in [-0.05, 0) is 44.0 Å². The Morgan fingerprint density at radius 3 is 2.76 bits per heavy atom. The lowest BCUT2D eigenvalue weighted by atomic mass is 10.0. The summed E-state index contributed by atoms with van der Waals surface area (Å²) in [4.78, 5) is 2.43. The number of rotatable bonds is 4. The number of hydrogen-bond donors (Lipinski definition) is 1. The van der Waals surface area contributed by atoms with E-state index in [0.717, 1.165) is 19.0 Å². The highest BCUT2D eigenvalue weighted by molar-refractivity contribution is 5.25. The molecule has 94 valence electrons. The quantitative estimate of drug-likeness (QED) is 0.857. The number of hydrogen-bond acceptors (Lipinski definition) is 2. The van der Waals surface area contributed by atoms with Crippen molar-refractivity contribution in [3.05, 3.63) is 35.4 Å². The van der Waals surface area contributed by atoms with Gasteiger partial charge in [-0.3, -0.25) is 0 Å². The largest absolute Gasteiger partial charge is 0.312 e. The van der Waals surface area contributed by atoms with Crippen LogP contribution in [-0.2, 0) is 6.54 Å². The average molecular weight is 232 g/mol. The maximum absolute atomic E-state index is 3.60. The van der Waals surface area contributed by atoms with Crippen molar-refractivity contribution in [3.63, 3.8) is 0 Å². The third-order valence-electron chi connectivity index (χ3n) is 3.90. The Labute approximate surface area is 105 Å². The molecular formula is C15H24N2. The van der Waals surface area contributed by atoms with Crippen molar-refractivity contribution >= 4 is 0 Å². The highest BCUT2D eigenvalue weighted by atomic mass is 15.1. The number of aryl methyl sites for hydroxylation is 1. The van der Waals surface area contributed by atoms with Crippen molar-refractivity contribution in [1.82, 2.24) is 10.2 Å². The molecule has 0 amide bonds. The van der Waals surface area contributed by atoms with Crippen molar-refractivity contribution in [2.45, 2.75) is 32.9 Å². The molecule has 1 saturated heterocycles. The van der Waals surface area contributed by atoms with Gasteiger partial charge in [-0.15, -0.1) is 0 Å². The van der Waals surface area contributed by atoms with E-state index in [0.29, 0.717) is 6.04 Å². The molecule has 2 atom stereocenters. The SMILES string of the molecule is Cc1ccccc1CN(C)CC1NCCC1C. The molecule has 1 aromatic carbocycles. The highest BCUT2D eigenvalue weighted by Gasteiger charge is 2.23. The normalized spacial score (nSPS) is 24.5. The summed E-state index contributed by atoms with van der Waals surface area (Å²) < 4.78 is 0. The smallest absolute Gasteiger partial charge is 0.0233 e. The number of nitrogens with one attached hydrogen (secondary N) is 1. The molecule has 2 heteroatoms. The zero-order valence-corrected chi connectivity index (χ0v) is 11.2. The van der Waals surface area contributed by atoms with Gasteiger partial charge in [0.15, 0.2) is 0 Å². The lowest BCUT2D eigenvalue weighted by Gasteiger charge is -2.24. The van der Waals surface area contributed by atoms with E-state index in [4.69, 9.17) is 0 Å². The molecule has 0 aliphatic carbocycles. The van der Waals surface area contributed by atoms with Crippen LogP contribution in [0.1, 0.15) is 24.5 Å². The van der Waals surface area contributed by atoms with Gasteiger partial charge in [-0.2, -0.15) is 0 Å². The first-order valence-corrected chi connectivity index (χ1v) is 6.63. The summed E-state index contributed by atoms with van der Waals surface area (Å²) in [5, 5.41) is 3.60. The van der Waals surface area contributed by atoms with Gasteiger partial charge < -0.3 is 10.2 Å². The van der Waals surface area contributed by atoms with E-state index in [-0.39, 0.29) is 0 Å². The molecule has 1 aliphatic heterocycles. The third-order valence-corrected chi connectivity index (χ3v) is 3.90. The predicted octanol–water partition coefficient (Wildman–Crippen LogP) is 2.42. The first-order chi connectivity index (χ1) is 8.16. The molecule has 2 rings (SSSR count). The summed E-state index contributed by atoms with van der Waals surface area (Å²) in [5.41, 5.74) is 2.84. The lowest BCUT2D eigenvalue weighted by Crippen LogP contribution is -2.38. The summed E-state index contributed by atoms with van der Waals surface area (Å²) in [6, 6.07) is 9.34. The van der Waals surface area contributed by atoms with E-state index in [9.17, 15) is 0 Å². The molecule has 1 aliphatic rings. The van der Waals surface area contributed by atoms with Gasteiger partial charge in [-0.25, -0.2) is 0 Å². The Kier molecular flexibility index (Phi) is 4.19. The Morgan fingerprint density at radius 2 is 2.12 bits per heavy atom. The lowest BCUT2D eigenvalue weighted by molar-refractivity contribution is 0.271. The molecule has 17 heavy (non-hydrogen) atoms. The summed E-state index contributed by atoms with van der Waals surface area (Å²) in [7, 11) is 2.22. The Morgan fingerprint density at radius 1 is 1.35 bits per heavy atom. The van der Waals surface area contributed by atoms with Gasteiger partial charge >= 0.3 is 0 Å². The maximum Gasteiger partial charge on any atom is 0.0233 e. The van der Waals surface area contributed by atoms with Crippen molar-refractivity contribution in [2.24, 2.45) is 5.92 Å². The van der Waals surface area contributed by atoms with Gasteiger partial charge in [0.1, 0.15) is 0 Å². The fraction of sp³-hybridized carbons (Fsp3) is 0.600. The summed E-state index contributed by atoms with van der Waals surface area (Å²) in [6.07, 6.45) is 1.32. The van der Waals surface area contributed by atoms with E-state index in [1.807, 2.05) is 0 Å². The number of likely N-dealkylation sites (N-methyl/N-ethyl adjacent to an activating group) is 1. The van der Waals surface area contributed by atoms with Gasteiger partial charge in [0, 0.05) is 19.1 Å². The minimum absolute atomic E-state index is 0.670. The van der Waals surface area contributed by atoms with Crippen molar-refractivity contribution in [1.29, 1.82) is 0 Å². The fourth-order valence-electron chi connectivity index (χ4n) is 2.62. The van der Waals surface area contributed by atoms with Crippen LogP contribution in [0.4, 0.5) is 0 Å². The van der Waals surface area contributed by atoms with E-state index in [2.05, 4.69) is 55.4 Å². The summed E-state index contributed by atoms with van der Waals surface area (Å²) in [6.45, 7) is 7.93. The fourth-order valence-corrected chi connectivity index (χ4v) is 2.62. The van der Waals surface area contributed by atoms with Crippen LogP contribution in [0.3, 0.4) is 0 Å². The monoisotopic (exact) mass is 232 g/mol. The number of nitrogens with zero attached hydrogens (tertiary/aromatic N) is 1. The molecule has 1 aromatic rings. The van der Waals surface area contributed by atoms with Gasteiger partial charge in [0.05, 0.1) is 0 Å². The van der Waals surface area contributed by atoms with Gasteiger partial charge in [0.25, 0.3) is 0 Å². The molecule has 2 nitrogen and oxygen atoms in total. The second-order valence-corrected chi connectivity index (χ2v) is 5.45. The van der Waals surface area contributed by atoms with Gasteiger partial charge in [-0.1, -0.05) is 31.2 Å². The van der Waals surface area contributed by atoms with Crippen molar-refractivity contribution in [3.8, 4) is 0 Å². The molecule has 0 radical (unpaired) electrons. The molecule has 0 saturated carbocycles. The summed E-state index contributed by atoms with van der Waals surface area (Å²) >= 11 is 0. The highest BCUT2D eigenvalue weighted by Crippen LogP contribution is 2.16. The molecule has 1 heterocycles. The Balaban J connectivity index is 1.89.